The van der Waals surface area contributed by atoms with Gasteiger partial charge in [0.05, 0.1) is 10.5 Å². The summed E-state index contributed by atoms with van der Waals surface area (Å²) in [5, 5.41) is 4.36. The van der Waals surface area contributed by atoms with Gasteiger partial charge < -0.3 is 25.3 Å². The predicted octanol–water partition coefficient (Wildman–Crippen LogP) is 1.25. The molecule has 2 heterocycles. The lowest BCUT2D eigenvalue weighted by Gasteiger charge is -2.19. The zero-order valence-electron chi connectivity index (χ0n) is 17.7. The van der Waals surface area contributed by atoms with E-state index in [0.717, 1.165) is 11.3 Å². The van der Waals surface area contributed by atoms with E-state index in [1.165, 1.54) is 31.2 Å². The van der Waals surface area contributed by atoms with Gasteiger partial charge in [-0.15, -0.1) is 11.3 Å². The molecule has 1 aliphatic heterocycles. The molecule has 0 aliphatic carbocycles. The van der Waals surface area contributed by atoms with Crippen LogP contribution in [0.5, 0.6) is 11.5 Å². The van der Waals surface area contributed by atoms with Crippen molar-refractivity contribution in [2.45, 2.75) is 30.8 Å². The minimum atomic E-state index is -3.81. The summed E-state index contributed by atoms with van der Waals surface area (Å²) in [5.74, 6) is -1.14. The molecule has 4 N–H and O–H groups in total. The average molecular weight is 498 g/mol. The molecular formula is C20H23N3O8S2. The fourth-order valence-corrected chi connectivity index (χ4v) is 4.72. The van der Waals surface area contributed by atoms with Gasteiger partial charge in [0.15, 0.2) is 17.6 Å². The maximum absolute atomic E-state index is 12.4. The van der Waals surface area contributed by atoms with Crippen LogP contribution >= 0.6 is 11.3 Å². The van der Waals surface area contributed by atoms with Crippen LogP contribution in [0.1, 0.15) is 30.1 Å². The Morgan fingerprint density at radius 2 is 1.91 bits per heavy atom. The smallest absolute Gasteiger partial charge is 0.306 e. The van der Waals surface area contributed by atoms with Gasteiger partial charge in [0.25, 0.3) is 11.8 Å². The van der Waals surface area contributed by atoms with Gasteiger partial charge in [-0.3, -0.25) is 14.4 Å². The number of hydrogen-bond acceptors (Lipinski definition) is 9. The number of nitrogens with two attached hydrogens (primary N) is 1. The molecule has 1 unspecified atom stereocenters. The Kier molecular flexibility index (Phi) is 7.89. The second-order valence-electron chi connectivity index (χ2n) is 6.96. The summed E-state index contributed by atoms with van der Waals surface area (Å²) in [7, 11) is -3.81. The number of anilines is 1. The van der Waals surface area contributed by atoms with Gasteiger partial charge in [-0.05, 0) is 36.9 Å². The quantitative estimate of drug-likeness (QED) is 0.326. The van der Waals surface area contributed by atoms with E-state index in [9.17, 15) is 22.8 Å². The van der Waals surface area contributed by atoms with Gasteiger partial charge >= 0.3 is 5.97 Å². The maximum atomic E-state index is 12.4. The Labute approximate surface area is 194 Å². The van der Waals surface area contributed by atoms with Crippen LogP contribution in [-0.4, -0.2) is 52.1 Å². The first-order chi connectivity index (χ1) is 15.7. The van der Waals surface area contributed by atoms with Crippen molar-refractivity contribution in [3.05, 3.63) is 35.2 Å². The van der Waals surface area contributed by atoms with E-state index in [1.807, 2.05) is 0 Å². The molecule has 0 saturated carbocycles. The van der Waals surface area contributed by atoms with Crippen molar-refractivity contribution < 1.29 is 37.0 Å². The molecule has 3 rings (SSSR count). The highest BCUT2D eigenvalue weighted by molar-refractivity contribution is 7.89. The third kappa shape index (κ3) is 6.43. The number of benzene rings is 1. The molecule has 1 aliphatic rings. The van der Waals surface area contributed by atoms with Crippen molar-refractivity contribution in [2.75, 3.05) is 25.1 Å². The Morgan fingerprint density at radius 1 is 1.18 bits per heavy atom. The summed E-state index contributed by atoms with van der Waals surface area (Å²) in [6, 6.07) is 5.78. The number of fused-ring (bicyclic) bond motifs is 1. The number of amides is 2. The zero-order valence-corrected chi connectivity index (χ0v) is 19.3. The molecule has 11 nitrogen and oxygen atoms in total. The normalized spacial score (nSPS) is 13.7. The van der Waals surface area contributed by atoms with Gasteiger partial charge in [-0.1, -0.05) is 0 Å². The van der Waals surface area contributed by atoms with Crippen molar-refractivity contribution in [3.8, 4) is 11.5 Å². The second-order valence-corrected chi connectivity index (χ2v) is 9.64. The minimum Gasteiger partial charge on any atom is -0.486 e. The Morgan fingerprint density at radius 3 is 2.64 bits per heavy atom. The minimum absolute atomic E-state index is 0.0103. The van der Waals surface area contributed by atoms with Gasteiger partial charge in [-0.2, -0.15) is 0 Å². The Balaban J connectivity index is 1.43. The van der Waals surface area contributed by atoms with Crippen LogP contribution in [0.3, 0.4) is 0 Å². The molecule has 2 amide bonds. The summed E-state index contributed by atoms with van der Waals surface area (Å²) in [4.78, 5) is 35.5. The first-order valence-electron chi connectivity index (χ1n) is 9.94. The molecule has 1 aromatic heterocycles. The van der Waals surface area contributed by atoms with Crippen molar-refractivity contribution >= 4 is 44.1 Å². The summed E-state index contributed by atoms with van der Waals surface area (Å²) >= 11 is 1.11. The van der Waals surface area contributed by atoms with Crippen LogP contribution in [0.4, 0.5) is 5.00 Å². The number of thiophene rings is 1. The van der Waals surface area contributed by atoms with Crippen molar-refractivity contribution in [2.24, 2.45) is 5.73 Å². The number of esters is 1. The number of ether oxygens (including phenoxy) is 3. The van der Waals surface area contributed by atoms with E-state index in [4.69, 9.17) is 19.9 Å². The predicted molar refractivity (Wildman–Crippen MR) is 119 cm³/mol. The van der Waals surface area contributed by atoms with Crippen LogP contribution in [0.2, 0.25) is 0 Å². The summed E-state index contributed by atoms with van der Waals surface area (Å²) in [6.45, 7) is 2.11. The first kappa shape index (κ1) is 24.5. The number of sulfonamides is 1. The topological polar surface area (TPSA) is 163 Å². The molecule has 0 radical (unpaired) electrons. The number of carbonyl (C=O) groups excluding carboxylic acids is 3. The van der Waals surface area contributed by atoms with Crippen LogP contribution in [0.25, 0.3) is 0 Å². The molecule has 0 fully saturated rings. The van der Waals surface area contributed by atoms with E-state index < -0.39 is 33.9 Å². The van der Waals surface area contributed by atoms with Gasteiger partial charge in [-0.25, -0.2) is 13.1 Å². The zero-order chi connectivity index (χ0) is 24.0. The third-order valence-corrected chi connectivity index (χ3v) is 6.81. The fourth-order valence-electron chi connectivity index (χ4n) is 2.84. The van der Waals surface area contributed by atoms with Crippen molar-refractivity contribution in [1.29, 1.82) is 0 Å². The molecule has 0 bridgehead atoms. The highest BCUT2D eigenvalue weighted by Crippen LogP contribution is 2.32. The van der Waals surface area contributed by atoms with Crippen LogP contribution in [0.15, 0.2) is 34.5 Å². The average Bonchev–Trinajstić information content (AvgIpc) is 3.24. The lowest BCUT2D eigenvalue weighted by Crippen LogP contribution is -2.31. The van der Waals surface area contributed by atoms with Crippen molar-refractivity contribution in [1.82, 2.24) is 4.72 Å². The molecule has 1 atom stereocenters. The number of hydrogen-bond donors (Lipinski definition) is 3. The molecule has 2 aromatic rings. The van der Waals surface area contributed by atoms with E-state index in [0.29, 0.717) is 24.7 Å². The summed E-state index contributed by atoms with van der Waals surface area (Å²) in [5.41, 5.74) is 5.39. The van der Waals surface area contributed by atoms with Gasteiger partial charge in [0.1, 0.15) is 18.2 Å². The lowest BCUT2D eigenvalue weighted by molar-refractivity contribution is -0.153. The summed E-state index contributed by atoms with van der Waals surface area (Å²) in [6.07, 6.45) is -1.06. The molecule has 33 heavy (non-hydrogen) atoms. The largest absolute Gasteiger partial charge is 0.486 e. The highest BCUT2D eigenvalue weighted by atomic mass is 32.2. The molecule has 0 spiro atoms. The molecule has 0 saturated heterocycles. The monoisotopic (exact) mass is 497 g/mol. The highest BCUT2D eigenvalue weighted by Gasteiger charge is 2.22. The van der Waals surface area contributed by atoms with Crippen molar-refractivity contribution in [3.63, 3.8) is 0 Å². The standard InChI is InChI=1S/C20H23N3O8S2/c1-12(19(26)23-20-14(18(21)25)6-10-32-20)31-17(24)3-2-7-22-33(27,28)13-4-5-15-16(11-13)30-9-8-29-15/h4-6,10-12,22H,2-3,7-9H2,1H3,(H2,21,25)(H,23,26). The summed E-state index contributed by atoms with van der Waals surface area (Å²) < 4.78 is 43.1. The molecule has 1 aromatic carbocycles. The van der Waals surface area contributed by atoms with Crippen LogP contribution in [0, 0.1) is 0 Å². The Hall–Kier alpha value is -3.16. The van der Waals surface area contributed by atoms with E-state index >= 15 is 0 Å². The van der Waals surface area contributed by atoms with Crippen LogP contribution in [-0.2, 0) is 24.3 Å². The Bertz CT molecular complexity index is 1150. The maximum Gasteiger partial charge on any atom is 0.306 e. The van der Waals surface area contributed by atoms with E-state index in [-0.39, 0.29) is 34.8 Å². The fraction of sp³-hybridized carbons (Fsp3) is 0.350. The first-order valence-corrected chi connectivity index (χ1v) is 12.3. The number of carbonyl (C=O) groups is 3. The number of nitrogens with one attached hydrogen (secondary N) is 2. The van der Waals surface area contributed by atoms with E-state index in [1.54, 1.807) is 5.38 Å². The number of primary amides is 1. The van der Waals surface area contributed by atoms with Gasteiger partial charge in [0, 0.05) is 19.0 Å². The van der Waals surface area contributed by atoms with E-state index in [2.05, 4.69) is 10.0 Å². The molecular weight excluding hydrogens is 474 g/mol. The second kappa shape index (κ2) is 10.6. The molecule has 178 valence electrons. The lowest BCUT2D eigenvalue weighted by atomic mass is 10.3. The SMILES string of the molecule is CC(OC(=O)CCCNS(=O)(=O)c1ccc2c(c1)OCCO2)C(=O)Nc1sccc1C(N)=O. The van der Waals surface area contributed by atoms with Gasteiger partial charge in [0.2, 0.25) is 10.0 Å². The molecule has 13 heteroatoms. The van der Waals surface area contributed by atoms with Crippen LogP contribution < -0.4 is 25.2 Å². The third-order valence-electron chi connectivity index (χ3n) is 4.52. The number of rotatable bonds is 10.